The highest BCUT2D eigenvalue weighted by atomic mass is 32.1. The minimum atomic E-state index is -0.422. The van der Waals surface area contributed by atoms with Crippen molar-refractivity contribution in [3.05, 3.63) is 41.1 Å². The molecule has 3 nitrogen and oxygen atoms in total. The van der Waals surface area contributed by atoms with Gasteiger partial charge in [0.2, 0.25) is 0 Å². The van der Waals surface area contributed by atoms with E-state index in [1.807, 2.05) is 28.3 Å². The van der Waals surface area contributed by atoms with E-state index in [2.05, 4.69) is 4.98 Å². The Labute approximate surface area is 80.3 Å². The zero-order chi connectivity index (χ0) is 9.10. The molecule has 0 radical (unpaired) electrons. The fourth-order valence-corrected chi connectivity index (χ4v) is 1.87. The van der Waals surface area contributed by atoms with Crippen LogP contribution in [-0.4, -0.2) is 14.7 Å². The van der Waals surface area contributed by atoms with Gasteiger partial charge in [0.15, 0.2) is 0 Å². The molecule has 0 spiro atoms. The summed E-state index contributed by atoms with van der Waals surface area (Å²) in [4.78, 5) is 4.91. The minimum absolute atomic E-state index is 0.422. The summed E-state index contributed by atoms with van der Waals surface area (Å²) < 4.78 is 1.87. The summed E-state index contributed by atoms with van der Waals surface area (Å²) in [5, 5.41) is 11.7. The van der Waals surface area contributed by atoms with Crippen molar-refractivity contribution in [2.24, 2.45) is 0 Å². The molecule has 0 aliphatic carbocycles. The van der Waals surface area contributed by atoms with Crippen molar-refractivity contribution in [2.45, 2.75) is 12.6 Å². The van der Waals surface area contributed by atoms with E-state index >= 15 is 0 Å². The van der Waals surface area contributed by atoms with Crippen LogP contribution in [0.3, 0.4) is 0 Å². The van der Waals surface area contributed by atoms with Gasteiger partial charge in [-0.1, -0.05) is 6.07 Å². The van der Waals surface area contributed by atoms with Crippen molar-refractivity contribution < 1.29 is 5.11 Å². The molecule has 13 heavy (non-hydrogen) atoms. The highest BCUT2D eigenvalue weighted by molar-refractivity contribution is 7.10. The minimum Gasteiger partial charge on any atom is -0.386 e. The van der Waals surface area contributed by atoms with Crippen LogP contribution in [0, 0.1) is 0 Å². The van der Waals surface area contributed by atoms with E-state index in [4.69, 9.17) is 0 Å². The van der Waals surface area contributed by atoms with Gasteiger partial charge in [-0.2, -0.15) is 0 Å². The normalized spacial score (nSPS) is 13.0. The third kappa shape index (κ3) is 1.96. The van der Waals surface area contributed by atoms with Gasteiger partial charge < -0.3 is 9.67 Å². The zero-order valence-electron chi connectivity index (χ0n) is 7.00. The number of aromatic nitrogens is 2. The fraction of sp³-hybridized carbons (Fsp3) is 0.222. The lowest BCUT2D eigenvalue weighted by atomic mass is 10.3. The van der Waals surface area contributed by atoms with Crippen LogP contribution in [0.1, 0.15) is 11.0 Å². The van der Waals surface area contributed by atoms with Crippen molar-refractivity contribution in [1.29, 1.82) is 0 Å². The molecule has 68 valence electrons. The highest BCUT2D eigenvalue weighted by Crippen LogP contribution is 2.19. The molecule has 2 aromatic heterocycles. The molecule has 0 saturated carbocycles. The van der Waals surface area contributed by atoms with Crippen LogP contribution in [0.2, 0.25) is 0 Å². The smallest absolute Gasteiger partial charge is 0.106 e. The maximum atomic E-state index is 9.74. The summed E-state index contributed by atoms with van der Waals surface area (Å²) in [5.41, 5.74) is 0. The predicted molar refractivity (Wildman–Crippen MR) is 51.5 cm³/mol. The van der Waals surface area contributed by atoms with E-state index in [-0.39, 0.29) is 0 Å². The molecule has 0 aliphatic rings. The molecular formula is C9H10N2OS. The summed E-state index contributed by atoms with van der Waals surface area (Å²) in [6, 6.07) is 3.88. The van der Waals surface area contributed by atoms with E-state index in [9.17, 15) is 5.11 Å². The Morgan fingerprint density at radius 1 is 1.62 bits per heavy atom. The second-order valence-electron chi connectivity index (χ2n) is 2.79. The Morgan fingerprint density at radius 3 is 3.15 bits per heavy atom. The quantitative estimate of drug-likeness (QED) is 0.807. The molecule has 0 aromatic carbocycles. The monoisotopic (exact) mass is 194 g/mol. The summed E-state index contributed by atoms with van der Waals surface area (Å²) in [6.07, 6.45) is 4.84. The zero-order valence-corrected chi connectivity index (χ0v) is 7.81. The maximum Gasteiger partial charge on any atom is 0.106 e. The molecular weight excluding hydrogens is 184 g/mol. The van der Waals surface area contributed by atoms with Gasteiger partial charge in [-0.3, -0.25) is 0 Å². The van der Waals surface area contributed by atoms with Crippen LogP contribution in [0.4, 0.5) is 0 Å². The average Bonchev–Trinajstić information content (AvgIpc) is 2.74. The Bertz CT molecular complexity index is 342. The van der Waals surface area contributed by atoms with Crippen LogP contribution in [0.25, 0.3) is 0 Å². The Kier molecular flexibility index (Phi) is 2.42. The van der Waals surface area contributed by atoms with Gasteiger partial charge in [-0.25, -0.2) is 4.98 Å². The Morgan fingerprint density at radius 2 is 2.54 bits per heavy atom. The van der Waals surface area contributed by atoms with Crippen molar-refractivity contribution in [3.63, 3.8) is 0 Å². The Hall–Kier alpha value is -1.13. The lowest BCUT2D eigenvalue weighted by molar-refractivity contribution is 0.160. The second-order valence-corrected chi connectivity index (χ2v) is 3.77. The molecule has 2 aromatic rings. The molecule has 4 heteroatoms. The Balaban J connectivity index is 2.04. The highest BCUT2D eigenvalue weighted by Gasteiger charge is 2.08. The second kappa shape index (κ2) is 3.72. The van der Waals surface area contributed by atoms with Gasteiger partial charge in [-0.05, 0) is 11.4 Å². The van der Waals surface area contributed by atoms with Crippen LogP contribution in [0.5, 0.6) is 0 Å². The number of aliphatic hydroxyl groups excluding tert-OH is 1. The number of nitrogens with zero attached hydrogens (tertiary/aromatic N) is 2. The molecule has 1 N–H and O–H groups in total. The number of hydrogen-bond donors (Lipinski definition) is 1. The van der Waals surface area contributed by atoms with Crippen molar-refractivity contribution in [3.8, 4) is 0 Å². The van der Waals surface area contributed by atoms with Crippen LogP contribution >= 0.6 is 11.3 Å². The van der Waals surface area contributed by atoms with Gasteiger partial charge in [0.05, 0.1) is 12.9 Å². The van der Waals surface area contributed by atoms with Gasteiger partial charge in [0.25, 0.3) is 0 Å². The summed E-state index contributed by atoms with van der Waals surface area (Å²) >= 11 is 1.57. The predicted octanol–water partition coefficient (Wildman–Crippen LogP) is 1.68. The van der Waals surface area contributed by atoms with E-state index in [0.717, 1.165) is 4.88 Å². The van der Waals surface area contributed by atoms with Crippen LogP contribution in [0.15, 0.2) is 36.2 Å². The molecule has 0 saturated heterocycles. The topological polar surface area (TPSA) is 38.0 Å². The van der Waals surface area contributed by atoms with E-state index in [1.165, 1.54) is 0 Å². The summed E-state index contributed by atoms with van der Waals surface area (Å²) in [7, 11) is 0. The number of aliphatic hydroxyl groups is 1. The average molecular weight is 194 g/mol. The molecule has 0 amide bonds. The van der Waals surface area contributed by atoms with Gasteiger partial charge >= 0.3 is 0 Å². The first-order valence-corrected chi connectivity index (χ1v) is 4.91. The lowest BCUT2D eigenvalue weighted by Crippen LogP contribution is -2.05. The fourth-order valence-electron chi connectivity index (χ4n) is 1.17. The molecule has 1 unspecified atom stereocenters. The molecule has 0 fully saturated rings. The van der Waals surface area contributed by atoms with Crippen molar-refractivity contribution >= 4 is 11.3 Å². The summed E-state index contributed by atoms with van der Waals surface area (Å²) in [6.45, 7) is 0.570. The molecule has 2 heterocycles. The molecule has 2 rings (SSSR count). The largest absolute Gasteiger partial charge is 0.386 e. The standard InChI is InChI=1S/C9H10N2OS/c12-8(9-2-1-5-13-9)6-11-4-3-10-7-11/h1-5,7-8,12H,6H2. The van der Waals surface area contributed by atoms with Crippen LogP contribution in [-0.2, 0) is 6.54 Å². The van der Waals surface area contributed by atoms with E-state index in [1.54, 1.807) is 23.9 Å². The summed E-state index contributed by atoms with van der Waals surface area (Å²) in [5.74, 6) is 0. The first-order chi connectivity index (χ1) is 6.36. The number of rotatable bonds is 3. The third-order valence-corrected chi connectivity index (χ3v) is 2.79. The van der Waals surface area contributed by atoms with Gasteiger partial charge in [0, 0.05) is 17.3 Å². The number of hydrogen-bond acceptors (Lipinski definition) is 3. The SMILES string of the molecule is OC(Cn1ccnc1)c1cccs1. The van der Waals surface area contributed by atoms with Gasteiger partial charge in [-0.15, -0.1) is 11.3 Å². The maximum absolute atomic E-state index is 9.74. The van der Waals surface area contributed by atoms with Crippen molar-refractivity contribution in [2.75, 3.05) is 0 Å². The molecule has 0 bridgehead atoms. The lowest BCUT2D eigenvalue weighted by Gasteiger charge is -2.08. The third-order valence-electron chi connectivity index (χ3n) is 1.81. The molecule has 0 aliphatic heterocycles. The van der Waals surface area contributed by atoms with E-state index in [0.29, 0.717) is 6.54 Å². The first-order valence-electron chi connectivity index (χ1n) is 4.03. The van der Waals surface area contributed by atoms with Crippen molar-refractivity contribution in [1.82, 2.24) is 9.55 Å². The number of thiophene rings is 1. The molecule has 1 atom stereocenters. The first kappa shape index (κ1) is 8.47. The van der Waals surface area contributed by atoms with Crippen LogP contribution < -0.4 is 0 Å². The van der Waals surface area contributed by atoms with Gasteiger partial charge in [0.1, 0.15) is 6.10 Å². The number of imidazole rings is 1. The van der Waals surface area contributed by atoms with E-state index < -0.39 is 6.10 Å².